The molecule has 0 N–H and O–H groups in total. The lowest BCUT2D eigenvalue weighted by atomic mass is 10.0. The van der Waals surface area contributed by atoms with Crippen molar-refractivity contribution in [3.05, 3.63) is 28.8 Å². The Labute approximate surface area is 106 Å². The molecule has 0 heterocycles. The highest BCUT2D eigenvalue weighted by molar-refractivity contribution is 6.41. The number of hydrogen-bond acceptors (Lipinski definition) is 4. The number of aryl methyl sites for hydroxylation is 1. The van der Waals surface area contributed by atoms with E-state index >= 15 is 0 Å². The summed E-state index contributed by atoms with van der Waals surface area (Å²) in [6.45, 7) is 1.86. The maximum absolute atomic E-state index is 12.0. The molecule has 0 aliphatic heterocycles. The number of carbonyl (C=O) groups excluding carboxylic acids is 2. The molecule has 0 amide bonds. The summed E-state index contributed by atoms with van der Waals surface area (Å²) in [5, 5.41) is 0. The van der Waals surface area contributed by atoms with Gasteiger partial charge in [0, 0.05) is 0 Å². The van der Waals surface area contributed by atoms with Crippen LogP contribution in [0.5, 0.6) is 5.75 Å². The van der Waals surface area contributed by atoms with Crippen molar-refractivity contribution in [2.24, 2.45) is 0 Å². The molecular weight excluding hydrogens is 232 g/mol. The Bertz CT molecular complexity index is 491. The summed E-state index contributed by atoms with van der Waals surface area (Å²) >= 11 is 0. The van der Waals surface area contributed by atoms with Gasteiger partial charge < -0.3 is 9.47 Å². The number of rotatable bonds is 4. The fourth-order valence-corrected chi connectivity index (χ4v) is 2.35. The Morgan fingerprint density at radius 1 is 1.28 bits per heavy atom. The van der Waals surface area contributed by atoms with E-state index in [2.05, 4.69) is 0 Å². The molecule has 0 radical (unpaired) electrons. The Morgan fingerprint density at radius 2 is 2.06 bits per heavy atom. The van der Waals surface area contributed by atoms with Crippen LogP contribution < -0.4 is 4.74 Å². The quantitative estimate of drug-likeness (QED) is 0.464. The number of benzene rings is 1. The fourth-order valence-electron chi connectivity index (χ4n) is 2.35. The first-order valence-electron chi connectivity index (χ1n) is 6.09. The predicted octanol–water partition coefficient (Wildman–Crippen LogP) is 1.93. The molecule has 4 nitrogen and oxygen atoms in total. The van der Waals surface area contributed by atoms with Gasteiger partial charge in [-0.3, -0.25) is 4.79 Å². The van der Waals surface area contributed by atoms with E-state index in [-0.39, 0.29) is 6.61 Å². The van der Waals surface area contributed by atoms with Gasteiger partial charge in [-0.15, -0.1) is 0 Å². The second-order valence-electron chi connectivity index (χ2n) is 4.19. The molecule has 0 bridgehead atoms. The molecule has 18 heavy (non-hydrogen) atoms. The lowest BCUT2D eigenvalue weighted by Crippen LogP contribution is -2.18. The Hall–Kier alpha value is -1.84. The minimum absolute atomic E-state index is 0.192. The number of esters is 1. The molecule has 0 unspecified atom stereocenters. The van der Waals surface area contributed by atoms with Crippen molar-refractivity contribution in [3.8, 4) is 5.75 Å². The summed E-state index contributed by atoms with van der Waals surface area (Å²) in [4.78, 5) is 23.4. The number of methoxy groups -OCH3 is 1. The number of fused-ring (bicyclic) bond motifs is 1. The zero-order valence-corrected chi connectivity index (χ0v) is 10.6. The summed E-state index contributed by atoms with van der Waals surface area (Å²) < 4.78 is 10.0. The van der Waals surface area contributed by atoms with Crippen LogP contribution in [0.1, 0.15) is 34.8 Å². The van der Waals surface area contributed by atoms with Crippen LogP contribution in [0, 0.1) is 0 Å². The van der Waals surface area contributed by atoms with Gasteiger partial charge >= 0.3 is 5.97 Å². The van der Waals surface area contributed by atoms with Gasteiger partial charge in [-0.05, 0) is 43.4 Å². The Morgan fingerprint density at radius 3 is 2.72 bits per heavy atom. The van der Waals surface area contributed by atoms with E-state index in [1.807, 2.05) is 6.07 Å². The Kier molecular flexibility index (Phi) is 3.65. The van der Waals surface area contributed by atoms with E-state index < -0.39 is 11.8 Å². The van der Waals surface area contributed by atoms with E-state index in [0.29, 0.717) is 11.3 Å². The van der Waals surface area contributed by atoms with Gasteiger partial charge in [-0.25, -0.2) is 4.79 Å². The molecular formula is C14H16O4. The zero-order chi connectivity index (χ0) is 13.1. The SMILES string of the molecule is CCOC(=O)C(=O)c1ccc2c(c1OC)CCC2. The second-order valence-corrected chi connectivity index (χ2v) is 4.19. The van der Waals surface area contributed by atoms with Crippen LogP contribution in [-0.2, 0) is 22.4 Å². The van der Waals surface area contributed by atoms with Crippen molar-refractivity contribution in [1.29, 1.82) is 0 Å². The first-order chi connectivity index (χ1) is 8.69. The molecule has 1 aliphatic rings. The number of hydrogen-bond donors (Lipinski definition) is 0. The van der Waals surface area contributed by atoms with Gasteiger partial charge in [-0.1, -0.05) is 6.07 Å². The van der Waals surface area contributed by atoms with E-state index in [1.54, 1.807) is 13.0 Å². The lowest BCUT2D eigenvalue weighted by molar-refractivity contribution is -0.137. The molecule has 0 fully saturated rings. The third-order valence-electron chi connectivity index (χ3n) is 3.14. The molecule has 0 aromatic heterocycles. The molecule has 1 aliphatic carbocycles. The summed E-state index contributed by atoms with van der Waals surface area (Å²) in [6.07, 6.45) is 2.95. The van der Waals surface area contributed by atoms with Crippen molar-refractivity contribution in [1.82, 2.24) is 0 Å². The summed E-state index contributed by atoms with van der Waals surface area (Å²) in [5.41, 5.74) is 2.55. The topological polar surface area (TPSA) is 52.6 Å². The van der Waals surface area contributed by atoms with Crippen LogP contribution >= 0.6 is 0 Å². The van der Waals surface area contributed by atoms with Crippen LogP contribution in [0.15, 0.2) is 12.1 Å². The monoisotopic (exact) mass is 248 g/mol. The first kappa shape index (κ1) is 12.6. The average Bonchev–Trinajstić information content (AvgIpc) is 2.85. The van der Waals surface area contributed by atoms with Crippen LogP contribution in [0.4, 0.5) is 0 Å². The van der Waals surface area contributed by atoms with Gasteiger partial charge in [-0.2, -0.15) is 0 Å². The normalized spacial score (nSPS) is 13.0. The number of Topliss-reactive ketones (excluding diaryl/α,β-unsaturated/α-hetero) is 1. The molecule has 2 rings (SSSR count). The smallest absolute Gasteiger partial charge is 0.379 e. The molecule has 0 spiro atoms. The molecule has 0 saturated carbocycles. The average molecular weight is 248 g/mol. The highest BCUT2D eigenvalue weighted by Crippen LogP contribution is 2.34. The van der Waals surface area contributed by atoms with Crippen molar-refractivity contribution < 1.29 is 19.1 Å². The van der Waals surface area contributed by atoms with E-state index in [0.717, 1.165) is 24.8 Å². The molecule has 96 valence electrons. The predicted molar refractivity (Wildman–Crippen MR) is 66.0 cm³/mol. The van der Waals surface area contributed by atoms with Crippen molar-refractivity contribution >= 4 is 11.8 Å². The van der Waals surface area contributed by atoms with Crippen molar-refractivity contribution in [3.63, 3.8) is 0 Å². The molecule has 4 heteroatoms. The minimum Gasteiger partial charge on any atom is -0.496 e. The van der Waals surface area contributed by atoms with Gasteiger partial charge in [0.05, 0.1) is 19.3 Å². The van der Waals surface area contributed by atoms with Crippen LogP contribution in [-0.4, -0.2) is 25.5 Å². The third kappa shape index (κ3) is 2.10. The van der Waals surface area contributed by atoms with Crippen LogP contribution in [0.3, 0.4) is 0 Å². The third-order valence-corrected chi connectivity index (χ3v) is 3.14. The number of ether oxygens (including phenoxy) is 2. The number of ketones is 1. The maximum Gasteiger partial charge on any atom is 0.379 e. The summed E-state index contributed by atoms with van der Waals surface area (Å²) in [5.74, 6) is -0.930. The summed E-state index contributed by atoms with van der Waals surface area (Å²) in [6, 6.07) is 3.56. The largest absolute Gasteiger partial charge is 0.496 e. The second kappa shape index (κ2) is 5.21. The maximum atomic E-state index is 12.0. The number of carbonyl (C=O) groups is 2. The minimum atomic E-state index is -0.825. The zero-order valence-electron chi connectivity index (χ0n) is 10.6. The van der Waals surface area contributed by atoms with E-state index in [1.165, 1.54) is 12.7 Å². The first-order valence-corrected chi connectivity index (χ1v) is 6.09. The fraction of sp³-hybridized carbons (Fsp3) is 0.429. The molecule has 1 aromatic rings. The van der Waals surface area contributed by atoms with Gasteiger partial charge in [0.25, 0.3) is 5.78 Å². The molecule has 1 aromatic carbocycles. The molecule has 0 atom stereocenters. The van der Waals surface area contributed by atoms with Gasteiger partial charge in [0.2, 0.25) is 0 Å². The Balaban J connectivity index is 2.39. The van der Waals surface area contributed by atoms with E-state index in [9.17, 15) is 9.59 Å². The highest BCUT2D eigenvalue weighted by atomic mass is 16.5. The summed E-state index contributed by atoms with van der Waals surface area (Å²) in [7, 11) is 1.52. The van der Waals surface area contributed by atoms with Gasteiger partial charge in [0.1, 0.15) is 5.75 Å². The van der Waals surface area contributed by atoms with E-state index in [4.69, 9.17) is 9.47 Å². The van der Waals surface area contributed by atoms with Crippen LogP contribution in [0.25, 0.3) is 0 Å². The van der Waals surface area contributed by atoms with Crippen molar-refractivity contribution in [2.75, 3.05) is 13.7 Å². The van der Waals surface area contributed by atoms with Crippen LogP contribution in [0.2, 0.25) is 0 Å². The van der Waals surface area contributed by atoms with Crippen molar-refractivity contribution in [2.45, 2.75) is 26.2 Å². The lowest BCUT2D eigenvalue weighted by Gasteiger charge is -2.11. The van der Waals surface area contributed by atoms with Gasteiger partial charge in [0.15, 0.2) is 0 Å². The standard InChI is InChI=1S/C14H16O4/c1-3-18-14(16)12(15)11-8-7-9-5-4-6-10(9)13(11)17-2/h7-8H,3-6H2,1-2H3. The molecule has 0 saturated heterocycles. The highest BCUT2D eigenvalue weighted by Gasteiger charge is 2.26.